The lowest BCUT2D eigenvalue weighted by molar-refractivity contribution is 0.0951. The Morgan fingerprint density at radius 3 is 2.56 bits per heavy atom. The van der Waals surface area contributed by atoms with Crippen LogP contribution in [-0.2, 0) is 6.54 Å². The molecule has 0 aliphatic carbocycles. The molecule has 0 radical (unpaired) electrons. The van der Waals surface area contributed by atoms with Crippen LogP contribution >= 0.6 is 11.3 Å². The molecule has 0 saturated heterocycles. The molecule has 0 spiro atoms. The summed E-state index contributed by atoms with van der Waals surface area (Å²) >= 11 is 1.57. The van der Waals surface area contributed by atoms with E-state index in [1.165, 1.54) is 0 Å². The molecule has 0 unspecified atom stereocenters. The Kier molecular flexibility index (Phi) is 5.97. The largest absolute Gasteiger partial charge is 0.497 e. The van der Waals surface area contributed by atoms with Crippen LogP contribution in [0.4, 0.5) is 0 Å². The first-order valence-corrected chi connectivity index (χ1v) is 11.5. The number of benzene rings is 3. The fraction of sp³-hybridized carbons (Fsp3) is 0.115. The highest BCUT2D eigenvalue weighted by molar-refractivity contribution is 7.18. The second-order valence-electron chi connectivity index (χ2n) is 7.50. The highest BCUT2D eigenvalue weighted by Crippen LogP contribution is 2.35. The van der Waals surface area contributed by atoms with Crippen LogP contribution in [0.2, 0.25) is 0 Å². The topological polar surface area (TPSA) is 78.3 Å². The Morgan fingerprint density at radius 1 is 1.00 bits per heavy atom. The van der Waals surface area contributed by atoms with Crippen molar-refractivity contribution in [2.45, 2.75) is 6.54 Å². The number of nitrogens with zero attached hydrogens (tertiary/aromatic N) is 3. The third-order valence-corrected chi connectivity index (χ3v) is 6.42. The summed E-state index contributed by atoms with van der Waals surface area (Å²) in [5.74, 6) is 0.983. The third-order valence-electron chi connectivity index (χ3n) is 5.38. The van der Waals surface area contributed by atoms with E-state index < -0.39 is 0 Å². The van der Waals surface area contributed by atoms with Gasteiger partial charge in [0.15, 0.2) is 0 Å². The number of nitrogens with one attached hydrogen (secondary N) is 1. The number of fused-ring (bicyclic) bond motifs is 1. The second kappa shape index (κ2) is 9.36. The smallest absolute Gasteiger partial charge is 0.255 e. The van der Waals surface area contributed by atoms with Crippen LogP contribution in [0.3, 0.4) is 0 Å². The van der Waals surface area contributed by atoms with Gasteiger partial charge in [-0.15, -0.1) is 11.3 Å². The molecule has 2 aromatic heterocycles. The maximum Gasteiger partial charge on any atom is 0.255 e. The molecule has 170 valence electrons. The van der Waals surface area contributed by atoms with Crippen LogP contribution < -0.4 is 14.8 Å². The van der Waals surface area contributed by atoms with Gasteiger partial charge in [-0.25, -0.2) is 9.67 Å². The van der Waals surface area contributed by atoms with Crippen LogP contribution in [0.5, 0.6) is 11.5 Å². The van der Waals surface area contributed by atoms with Gasteiger partial charge in [0.05, 0.1) is 42.2 Å². The Balaban J connectivity index is 1.51. The van der Waals surface area contributed by atoms with Crippen LogP contribution in [0.15, 0.2) is 79.0 Å². The maximum absolute atomic E-state index is 13.3. The van der Waals surface area contributed by atoms with Crippen LogP contribution in [0.1, 0.15) is 15.4 Å². The molecule has 0 saturated carbocycles. The molecule has 0 aliphatic rings. The van der Waals surface area contributed by atoms with E-state index in [0.717, 1.165) is 20.9 Å². The molecule has 1 amide bonds. The zero-order valence-corrected chi connectivity index (χ0v) is 19.5. The summed E-state index contributed by atoms with van der Waals surface area (Å²) in [5.41, 5.74) is 3.43. The molecular formula is C26H22N4O3S. The number of carbonyl (C=O) groups is 1. The van der Waals surface area contributed by atoms with Crippen LogP contribution in [0.25, 0.3) is 27.2 Å². The summed E-state index contributed by atoms with van der Waals surface area (Å²) in [7, 11) is 3.18. The predicted molar refractivity (Wildman–Crippen MR) is 133 cm³/mol. The average molecular weight is 471 g/mol. The molecule has 7 nitrogen and oxygen atoms in total. The van der Waals surface area contributed by atoms with Gasteiger partial charge in [-0.05, 0) is 36.4 Å². The van der Waals surface area contributed by atoms with Crippen LogP contribution in [-0.4, -0.2) is 34.9 Å². The Bertz CT molecular complexity index is 1430. The standard InChI is InChI=1S/C26H22N4O3S/c1-32-18-12-13-19(22(14-18)33-2)25-20(16-30(29-25)17-8-4-3-5-9-17)26(31)27-15-24-28-21-10-6-7-11-23(21)34-24/h3-14,16H,15H2,1-2H3,(H,27,31). The minimum atomic E-state index is -0.241. The van der Waals surface area contributed by atoms with E-state index in [-0.39, 0.29) is 5.91 Å². The van der Waals surface area contributed by atoms with Crippen molar-refractivity contribution in [1.82, 2.24) is 20.1 Å². The predicted octanol–water partition coefficient (Wildman–Crippen LogP) is 5.10. The molecule has 0 fully saturated rings. The summed E-state index contributed by atoms with van der Waals surface area (Å²) < 4.78 is 13.7. The van der Waals surface area contributed by atoms with Crippen molar-refractivity contribution in [2.24, 2.45) is 0 Å². The van der Waals surface area contributed by atoms with E-state index in [0.29, 0.717) is 34.9 Å². The minimum Gasteiger partial charge on any atom is -0.497 e. The van der Waals surface area contributed by atoms with Gasteiger partial charge in [0.25, 0.3) is 5.91 Å². The zero-order chi connectivity index (χ0) is 23.5. The Morgan fingerprint density at radius 2 is 1.79 bits per heavy atom. The number of thiazole rings is 1. The summed E-state index contributed by atoms with van der Waals surface area (Å²) in [4.78, 5) is 17.9. The van der Waals surface area contributed by atoms with Gasteiger partial charge in [0.1, 0.15) is 22.2 Å². The number of para-hydroxylation sites is 2. The van der Waals surface area contributed by atoms with Gasteiger partial charge < -0.3 is 14.8 Å². The Hall–Kier alpha value is -4.17. The lowest BCUT2D eigenvalue weighted by Gasteiger charge is -2.10. The Labute approximate surface area is 200 Å². The lowest BCUT2D eigenvalue weighted by Crippen LogP contribution is -2.23. The van der Waals surface area contributed by atoms with Crippen LogP contribution in [0, 0.1) is 0 Å². The zero-order valence-electron chi connectivity index (χ0n) is 18.7. The monoisotopic (exact) mass is 470 g/mol. The average Bonchev–Trinajstić information content (AvgIpc) is 3.52. The normalized spacial score (nSPS) is 10.9. The SMILES string of the molecule is COc1ccc(-c2nn(-c3ccccc3)cc2C(=O)NCc2nc3ccccc3s2)c(OC)c1. The van der Waals surface area contributed by atoms with Gasteiger partial charge in [0, 0.05) is 17.8 Å². The minimum absolute atomic E-state index is 0.241. The van der Waals surface area contributed by atoms with E-state index >= 15 is 0 Å². The summed E-state index contributed by atoms with van der Waals surface area (Å²) in [6, 6.07) is 23.0. The highest BCUT2D eigenvalue weighted by Gasteiger charge is 2.22. The maximum atomic E-state index is 13.3. The first kappa shape index (κ1) is 21.7. The van der Waals surface area contributed by atoms with Crippen molar-refractivity contribution in [3.05, 3.63) is 89.6 Å². The fourth-order valence-corrected chi connectivity index (χ4v) is 4.60. The highest BCUT2D eigenvalue weighted by atomic mass is 32.1. The van der Waals surface area contributed by atoms with Crippen molar-refractivity contribution in [3.8, 4) is 28.4 Å². The number of methoxy groups -OCH3 is 2. The van der Waals surface area contributed by atoms with E-state index in [1.54, 1.807) is 42.5 Å². The second-order valence-corrected chi connectivity index (χ2v) is 8.61. The molecule has 0 aliphatic heterocycles. The van der Waals surface area contributed by atoms with Crippen molar-refractivity contribution in [3.63, 3.8) is 0 Å². The fourth-order valence-electron chi connectivity index (χ4n) is 3.69. The van der Waals surface area contributed by atoms with Crippen molar-refractivity contribution in [2.75, 3.05) is 14.2 Å². The summed E-state index contributed by atoms with van der Waals surface area (Å²) in [6.45, 7) is 0.327. The van der Waals surface area contributed by atoms with Crippen molar-refractivity contribution >= 4 is 27.5 Å². The molecule has 8 heteroatoms. The number of carbonyl (C=O) groups excluding carboxylic acids is 1. The van der Waals surface area contributed by atoms with E-state index in [4.69, 9.17) is 14.6 Å². The van der Waals surface area contributed by atoms with Gasteiger partial charge in [-0.3, -0.25) is 4.79 Å². The van der Waals surface area contributed by atoms with Gasteiger partial charge in [-0.2, -0.15) is 5.10 Å². The molecule has 5 rings (SSSR count). The van der Waals surface area contributed by atoms with E-state index in [9.17, 15) is 4.79 Å². The lowest BCUT2D eigenvalue weighted by atomic mass is 10.1. The molecule has 2 heterocycles. The summed E-state index contributed by atoms with van der Waals surface area (Å²) in [5, 5.41) is 8.59. The molecule has 1 N–H and O–H groups in total. The summed E-state index contributed by atoms with van der Waals surface area (Å²) in [6.07, 6.45) is 1.74. The number of ether oxygens (including phenoxy) is 2. The van der Waals surface area contributed by atoms with Gasteiger partial charge in [0.2, 0.25) is 0 Å². The number of aromatic nitrogens is 3. The first-order chi connectivity index (χ1) is 16.7. The van der Waals surface area contributed by atoms with E-state index in [2.05, 4.69) is 10.3 Å². The molecule has 0 atom stereocenters. The number of hydrogen-bond acceptors (Lipinski definition) is 6. The molecular weight excluding hydrogens is 448 g/mol. The van der Waals surface area contributed by atoms with Gasteiger partial charge in [-0.1, -0.05) is 30.3 Å². The number of hydrogen-bond donors (Lipinski definition) is 1. The van der Waals surface area contributed by atoms with Crippen molar-refractivity contribution < 1.29 is 14.3 Å². The van der Waals surface area contributed by atoms with E-state index in [1.807, 2.05) is 66.7 Å². The molecule has 3 aromatic carbocycles. The quantitative estimate of drug-likeness (QED) is 0.358. The van der Waals surface area contributed by atoms with Crippen molar-refractivity contribution in [1.29, 1.82) is 0 Å². The molecule has 5 aromatic rings. The number of amides is 1. The van der Waals surface area contributed by atoms with Gasteiger partial charge >= 0.3 is 0 Å². The molecule has 34 heavy (non-hydrogen) atoms. The molecule has 0 bridgehead atoms. The third kappa shape index (κ3) is 4.23. The number of rotatable bonds is 7. The first-order valence-electron chi connectivity index (χ1n) is 10.7.